The van der Waals surface area contributed by atoms with Crippen LogP contribution in [-0.4, -0.2) is 41.0 Å². The lowest BCUT2D eigenvalue weighted by molar-refractivity contribution is -0.138. The minimum atomic E-state index is -0.790. The second-order valence-corrected chi connectivity index (χ2v) is 7.46. The Balaban J connectivity index is 1.73. The number of nitrogens with zero attached hydrogens (tertiary/aromatic N) is 2. The van der Waals surface area contributed by atoms with Gasteiger partial charge in [-0.3, -0.25) is 4.79 Å². The Labute approximate surface area is 155 Å². The van der Waals surface area contributed by atoms with Gasteiger partial charge in [-0.2, -0.15) is 0 Å². The Hall–Kier alpha value is -1.92. The molecule has 1 atom stereocenters. The molecule has 1 fully saturated rings. The Morgan fingerprint density at radius 3 is 2.72 bits per heavy atom. The number of aromatic nitrogens is 1. The number of rotatable bonds is 4. The van der Waals surface area contributed by atoms with E-state index < -0.39 is 12.1 Å². The third-order valence-corrected chi connectivity index (χ3v) is 5.52. The molecule has 1 aromatic carbocycles. The molecule has 3 rings (SSSR count). The number of halogens is 1. The zero-order valence-corrected chi connectivity index (χ0v) is 15.7. The molecule has 132 valence electrons. The third kappa shape index (κ3) is 4.02. The molecule has 25 heavy (non-hydrogen) atoms. The largest absolute Gasteiger partial charge is 0.448 e. The molecule has 0 saturated carbocycles. The Bertz CT molecular complexity index is 799. The van der Waals surface area contributed by atoms with E-state index in [-0.39, 0.29) is 5.91 Å². The SMILES string of the molecule is Cc1nc(-c2cccc(Cl)c2)sc1C(=O)O[C@@H](C)C(=O)N1CCCC1. The summed E-state index contributed by atoms with van der Waals surface area (Å²) in [6, 6.07) is 7.31. The summed E-state index contributed by atoms with van der Waals surface area (Å²) >= 11 is 7.26. The zero-order valence-electron chi connectivity index (χ0n) is 14.1. The van der Waals surface area contributed by atoms with Crippen molar-refractivity contribution in [2.75, 3.05) is 13.1 Å². The quantitative estimate of drug-likeness (QED) is 0.756. The number of hydrogen-bond donors (Lipinski definition) is 0. The summed E-state index contributed by atoms with van der Waals surface area (Å²) in [5.74, 6) is -0.647. The minimum absolute atomic E-state index is 0.136. The number of amides is 1. The number of thiazole rings is 1. The van der Waals surface area contributed by atoms with Gasteiger partial charge in [-0.15, -0.1) is 11.3 Å². The summed E-state index contributed by atoms with van der Waals surface area (Å²) in [7, 11) is 0. The van der Waals surface area contributed by atoms with Crippen molar-refractivity contribution < 1.29 is 14.3 Å². The van der Waals surface area contributed by atoms with Crippen molar-refractivity contribution >= 4 is 34.8 Å². The first kappa shape index (κ1) is 17.9. The summed E-state index contributed by atoms with van der Waals surface area (Å²) in [5, 5.41) is 1.31. The van der Waals surface area contributed by atoms with Crippen LogP contribution < -0.4 is 0 Å². The summed E-state index contributed by atoms with van der Waals surface area (Å²) in [6.07, 6.45) is 1.22. The van der Waals surface area contributed by atoms with E-state index >= 15 is 0 Å². The van der Waals surface area contributed by atoms with Crippen LogP contribution in [0.3, 0.4) is 0 Å². The van der Waals surface area contributed by atoms with Gasteiger partial charge >= 0.3 is 5.97 Å². The molecule has 1 aliphatic heterocycles. The van der Waals surface area contributed by atoms with Crippen molar-refractivity contribution in [2.24, 2.45) is 0 Å². The van der Waals surface area contributed by atoms with Crippen LogP contribution in [0.2, 0.25) is 5.02 Å². The first-order chi connectivity index (χ1) is 12.0. The number of carbonyl (C=O) groups is 2. The van der Waals surface area contributed by atoms with Gasteiger partial charge < -0.3 is 9.64 Å². The highest BCUT2D eigenvalue weighted by Crippen LogP contribution is 2.30. The fraction of sp³-hybridized carbons (Fsp3) is 0.389. The molecule has 2 heterocycles. The van der Waals surface area contributed by atoms with Crippen molar-refractivity contribution in [3.05, 3.63) is 39.9 Å². The number of esters is 1. The van der Waals surface area contributed by atoms with Crippen LogP contribution in [0.25, 0.3) is 10.6 Å². The molecule has 0 bridgehead atoms. The van der Waals surface area contributed by atoms with Crippen LogP contribution in [0.1, 0.15) is 35.1 Å². The fourth-order valence-electron chi connectivity index (χ4n) is 2.79. The van der Waals surface area contributed by atoms with Crippen molar-refractivity contribution in [1.82, 2.24) is 9.88 Å². The van der Waals surface area contributed by atoms with Crippen molar-refractivity contribution in [3.63, 3.8) is 0 Å². The Morgan fingerprint density at radius 2 is 2.04 bits per heavy atom. The molecule has 0 radical (unpaired) electrons. The average Bonchev–Trinajstić information content (AvgIpc) is 3.23. The topological polar surface area (TPSA) is 59.5 Å². The summed E-state index contributed by atoms with van der Waals surface area (Å²) in [5.41, 5.74) is 1.44. The molecule has 5 nitrogen and oxygen atoms in total. The van der Waals surface area contributed by atoms with Gasteiger partial charge in [0.2, 0.25) is 0 Å². The summed E-state index contributed by atoms with van der Waals surface area (Å²) in [6.45, 7) is 4.85. The van der Waals surface area contributed by atoms with Gasteiger partial charge in [-0.1, -0.05) is 23.7 Å². The number of carbonyl (C=O) groups excluding carboxylic acids is 2. The second-order valence-electron chi connectivity index (χ2n) is 6.02. The first-order valence-corrected chi connectivity index (χ1v) is 9.38. The smallest absolute Gasteiger partial charge is 0.351 e. The molecule has 1 aromatic heterocycles. The monoisotopic (exact) mass is 378 g/mol. The predicted molar refractivity (Wildman–Crippen MR) is 98.0 cm³/mol. The maximum atomic E-state index is 12.5. The number of hydrogen-bond acceptors (Lipinski definition) is 5. The fourth-order valence-corrected chi connectivity index (χ4v) is 3.93. The van der Waals surface area contributed by atoms with Gasteiger partial charge in [-0.05, 0) is 38.8 Å². The van der Waals surface area contributed by atoms with E-state index in [4.69, 9.17) is 16.3 Å². The molecular weight excluding hydrogens is 360 g/mol. The highest BCUT2D eigenvalue weighted by Gasteiger charge is 2.27. The second kappa shape index (κ2) is 7.54. The lowest BCUT2D eigenvalue weighted by Gasteiger charge is -2.20. The molecule has 0 aliphatic carbocycles. The van der Waals surface area contributed by atoms with Gasteiger partial charge in [0, 0.05) is 23.7 Å². The van der Waals surface area contributed by atoms with Crippen LogP contribution in [0.4, 0.5) is 0 Å². The maximum absolute atomic E-state index is 12.5. The van der Waals surface area contributed by atoms with Gasteiger partial charge in [0.25, 0.3) is 5.91 Å². The van der Waals surface area contributed by atoms with Crippen molar-refractivity contribution in [3.8, 4) is 10.6 Å². The lowest BCUT2D eigenvalue weighted by atomic mass is 10.2. The van der Waals surface area contributed by atoms with E-state index in [1.807, 2.05) is 12.1 Å². The van der Waals surface area contributed by atoms with Gasteiger partial charge in [0.1, 0.15) is 9.88 Å². The normalized spacial score (nSPS) is 15.2. The molecule has 0 spiro atoms. The number of ether oxygens (including phenoxy) is 1. The van der Waals surface area contributed by atoms with E-state index in [9.17, 15) is 9.59 Å². The van der Waals surface area contributed by atoms with Crippen LogP contribution in [-0.2, 0) is 9.53 Å². The van der Waals surface area contributed by atoms with Gasteiger partial charge in [0.15, 0.2) is 6.10 Å². The number of likely N-dealkylation sites (tertiary alicyclic amines) is 1. The average molecular weight is 379 g/mol. The standard InChI is InChI=1S/C18H19ClN2O3S/c1-11-15(25-16(20-11)13-6-5-7-14(19)10-13)18(23)24-12(2)17(22)21-8-3-4-9-21/h5-7,10,12H,3-4,8-9H2,1-2H3/t12-/m0/s1. The molecule has 1 amide bonds. The predicted octanol–water partition coefficient (Wildman–Crippen LogP) is 3.94. The van der Waals surface area contributed by atoms with E-state index in [2.05, 4.69) is 4.98 Å². The number of aryl methyl sites for hydroxylation is 1. The van der Waals surface area contributed by atoms with Crippen molar-refractivity contribution in [2.45, 2.75) is 32.8 Å². The zero-order chi connectivity index (χ0) is 18.0. The molecule has 2 aromatic rings. The molecule has 1 saturated heterocycles. The lowest BCUT2D eigenvalue weighted by Crippen LogP contribution is -2.38. The minimum Gasteiger partial charge on any atom is -0.448 e. The van der Waals surface area contributed by atoms with Crippen LogP contribution in [0.15, 0.2) is 24.3 Å². The van der Waals surface area contributed by atoms with E-state index in [1.54, 1.807) is 30.9 Å². The molecule has 1 aliphatic rings. The van der Waals surface area contributed by atoms with Crippen LogP contribution in [0, 0.1) is 6.92 Å². The highest BCUT2D eigenvalue weighted by atomic mass is 35.5. The number of benzene rings is 1. The summed E-state index contributed by atoms with van der Waals surface area (Å²) in [4.78, 5) is 31.3. The van der Waals surface area contributed by atoms with Crippen molar-refractivity contribution in [1.29, 1.82) is 0 Å². The highest BCUT2D eigenvalue weighted by molar-refractivity contribution is 7.17. The third-order valence-electron chi connectivity index (χ3n) is 4.10. The molecular formula is C18H19ClN2O3S. The first-order valence-electron chi connectivity index (χ1n) is 8.19. The molecule has 0 N–H and O–H groups in total. The van der Waals surface area contributed by atoms with E-state index in [1.165, 1.54) is 11.3 Å². The van der Waals surface area contributed by atoms with Crippen LogP contribution in [0.5, 0.6) is 0 Å². The van der Waals surface area contributed by atoms with Crippen LogP contribution >= 0.6 is 22.9 Å². The molecule has 0 unspecified atom stereocenters. The van der Waals surface area contributed by atoms with E-state index in [0.717, 1.165) is 31.5 Å². The van der Waals surface area contributed by atoms with Gasteiger partial charge in [0.05, 0.1) is 5.69 Å². The molecule has 7 heteroatoms. The van der Waals surface area contributed by atoms with Gasteiger partial charge in [-0.25, -0.2) is 9.78 Å². The Kier molecular flexibility index (Phi) is 5.39. The Morgan fingerprint density at radius 1 is 1.32 bits per heavy atom. The summed E-state index contributed by atoms with van der Waals surface area (Å²) < 4.78 is 5.38. The van der Waals surface area contributed by atoms with E-state index in [0.29, 0.717) is 20.6 Å². The maximum Gasteiger partial charge on any atom is 0.351 e.